The molecule has 0 radical (unpaired) electrons. The van der Waals surface area contributed by atoms with Crippen molar-refractivity contribution in [2.45, 2.75) is 45.1 Å². The first-order valence-electron chi connectivity index (χ1n) is 8.74. The molecule has 0 aliphatic heterocycles. The number of allylic oxidation sites excluding steroid dienone is 2. The van der Waals surface area contributed by atoms with Crippen LogP contribution in [0.1, 0.15) is 39.0 Å². The number of carbonyl (C=O) groups excluding carboxylic acids is 1. The highest BCUT2D eigenvalue weighted by molar-refractivity contribution is 5.92. The number of hydrogen-bond donors (Lipinski definition) is 3. The molecule has 132 valence electrons. The van der Waals surface area contributed by atoms with Gasteiger partial charge in [-0.3, -0.25) is 9.79 Å². The van der Waals surface area contributed by atoms with E-state index in [-0.39, 0.29) is 17.4 Å². The van der Waals surface area contributed by atoms with Gasteiger partial charge in [-0.25, -0.2) is 0 Å². The molecular formula is C19H30N4O. The number of nitrogens with zero attached hydrogens (tertiary/aromatic N) is 1. The standard InChI is InChI=1S/C19H30N4O/c1-14(13-22-3)18(24)23-11-9-19(8-10-21-2)12-15-6-4-5-7-16(15)17(19)20/h6-7,13,17,21H,3-5,8-12,20H2,1-2H3,(H,23,24)/b14-13-. The fourth-order valence-electron chi connectivity index (χ4n) is 3.81. The molecule has 2 aliphatic carbocycles. The molecule has 2 rings (SSSR count). The largest absolute Gasteiger partial charge is 0.352 e. The summed E-state index contributed by atoms with van der Waals surface area (Å²) in [6.07, 6.45) is 11.2. The zero-order valence-electron chi connectivity index (χ0n) is 14.9. The van der Waals surface area contributed by atoms with Crippen molar-refractivity contribution >= 4 is 12.6 Å². The second-order valence-electron chi connectivity index (χ2n) is 6.84. The molecule has 4 N–H and O–H groups in total. The zero-order chi connectivity index (χ0) is 17.6. The van der Waals surface area contributed by atoms with Gasteiger partial charge in [0.1, 0.15) is 0 Å². The fourth-order valence-corrected chi connectivity index (χ4v) is 3.81. The SMILES string of the molecule is C=N/C=C(/C)C(=O)NCCC1(CCNC)CC2=CCCC=C2C1N. The van der Waals surface area contributed by atoms with E-state index in [4.69, 9.17) is 5.73 Å². The van der Waals surface area contributed by atoms with Crippen LogP contribution in [0, 0.1) is 5.41 Å². The van der Waals surface area contributed by atoms with Gasteiger partial charge >= 0.3 is 0 Å². The van der Waals surface area contributed by atoms with Crippen molar-refractivity contribution < 1.29 is 4.79 Å². The molecule has 24 heavy (non-hydrogen) atoms. The summed E-state index contributed by atoms with van der Waals surface area (Å²) in [7, 11) is 1.97. The molecule has 1 saturated carbocycles. The van der Waals surface area contributed by atoms with Crippen LogP contribution >= 0.6 is 0 Å². The van der Waals surface area contributed by atoms with Crippen molar-refractivity contribution in [3.05, 3.63) is 35.1 Å². The van der Waals surface area contributed by atoms with Crippen molar-refractivity contribution in [2.24, 2.45) is 16.1 Å². The summed E-state index contributed by atoms with van der Waals surface area (Å²) >= 11 is 0. The van der Waals surface area contributed by atoms with E-state index in [0.29, 0.717) is 12.1 Å². The minimum absolute atomic E-state index is 0.0204. The van der Waals surface area contributed by atoms with E-state index in [9.17, 15) is 4.79 Å². The molecule has 2 unspecified atom stereocenters. The monoisotopic (exact) mass is 330 g/mol. The number of carbonyl (C=O) groups is 1. The van der Waals surface area contributed by atoms with Crippen LogP contribution in [0.4, 0.5) is 0 Å². The summed E-state index contributed by atoms with van der Waals surface area (Å²) in [6.45, 7) is 6.68. The molecule has 2 atom stereocenters. The molecule has 0 aromatic rings. The molecule has 0 spiro atoms. The van der Waals surface area contributed by atoms with E-state index < -0.39 is 0 Å². The second kappa shape index (κ2) is 8.40. The predicted octanol–water partition coefficient (Wildman–Crippen LogP) is 2.07. The average molecular weight is 330 g/mol. The average Bonchev–Trinajstić information content (AvgIpc) is 2.86. The first kappa shape index (κ1) is 18.6. The number of nitrogens with two attached hydrogens (primary N) is 1. The van der Waals surface area contributed by atoms with E-state index in [2.05, 4.69) is 34.5 Å². The minimum atomic E-state index is -0.0893. The van der Waals surface area contributed by atoms with Crippen LogP contribution in [0.2, 0.25) is 0 Å². The van der Waals surface area contributed by atoms with Crippen LogP contribution in [0.3, 0.4) is 0 Å². The number of amides is 1. The maximum absolute atomic E-state index is 12.0. The highest BCUT2D eigenvalue weighted by Gasteiger charge is 2.45. The Morgan fingerprint density at radius 3 is 2.79 bits per heavy atom. The Hall–Kier alpha value is -1.72. The van der Waals surface area contributed by atoms with Crippen molar-refractivity contribution in [1.82, 2.24) is 10.6 Å². The molecule has 5 heteroatoms. The van der Waals surface area contributed by atoms with E-state index >= 15 is 0 Å². The van der Waals surface area contributed by atoms with Crippen molar-refractivity contribution in [3.8, 4) is 0 Å². The van der Waals surface area contributed by atoms with Crippen LogP contribution in [0.25, 0.3) is 0 Å². The number of aliphatic imine (C=N–C) groups is 1. The lowest BCUT2D eigenvalue weighted by molar-refractivity contribution is -0.117. The molecule has 1 fully saturated rings. The van der Waals surface area contributed by atoms with Gasteiger partial charge in [-0.05, 0) is 75.9 Å². The summed E-state index contributed by atoms with van der Waals surface area (Å²) in [4.78, 5) is 15.7. The Morgan fingerprint density at radius 2 is 2.12 bits per heavy atom. The summed E-state index contributed by atoms with van der Waals surface area (Å²) in [6, 6.07) is 0.0563. The van der Waals surface area contributed by atoms with E-state index in [1.54, 1.807) is 6.92 Å². The molecule has 2 aliphatic rings. The van der Waals surface area contributed by atoms with Crippen LogP contribution in [-0.4, -0.2) is 38.8 Å². The van der Waals surface area contributed by atoms with Gasteiger partial charge in [0.2, 0.25) is 5.91 Å². The van der Waals surface area contributed by atoms with Crippen LogP contribution in [-0.2, 0) is 4.79 Å². The lowest BCUT2D eigenvalue weighted by atomic mass is 9.76. The van der Waals surface area contributed by atoms with Gasteiger partial charge in [0, 0.05) is 24.4 Å². The smallest absolute Gasteiger partial charge is 0.248 e. The number of nitrogens with one attached hydrogen (secondary N) is 2. The first-order chi connectivity index (χ1) is 11.5. The molecule has 0 aromatic heterocycles. The highest BCUT2D eigenvalue weighted by Crippen LogP contribution is 2.49. The molecule has 0 saturated heterocycles. The number of rotatable bonds is 8. The van der Waals surface area contributed by atoms with Crippen molar-refractivity contribution in [3.63, 3.8) is 0 Å². The Kier molecular flexibility index (Phi) is 6.52. The van der Waals surface area contributed by atoms with Crippen molar-refractivity contribution in [2.75, 3.05) is 20.1 Å². The van der Waals surface area contributed by atoms with Gasteiger partial charge < -0.3 is 16.4 Å². The topological polar surface area (TPSA) is 79.5 Å². The Labute approximate surface area is 145 Å². The third-order valence-corrected chi connectivity index (χ3v) is 5.25. The number of fused-ring (bicyclic) bond motifs is 1. The second-order valence-corrected chi connectivity index (χ2v) is 6.84. The van der Waals surface area contributed by atoms with Gasteiger partial charge in [-0.15, -0.1) is 0 Å². The quantitative estimate of drug-likeness (QED) is 0.471. The summed E-state index contributed by atoms with van der Waals surface area (Å²) in [5, 5.41) is 6.23. The number of hydrogen-bond acceptors (Lipinski definition) is 4. The molecule has 0 aromatic carbocycles. The lowest BCUT2D eigenvalue weighted by Gasteiger charge is -2.33. The zero-order valence-corrected chi connectivity index (χ0v) is 14.9. The van der Waals surface area contributed by atoms with Crippen LogP contribution in [0.15, 0.2) is 40.1 Å². The van der Waals surface area contributed by atoms with Gasteiger partial charge in [-0.2, -0.15) is 0 Å². The molecule has 0 heterocycles. The Balaban J connectivity index is 2.05. The van der Waals surface area contributed by atoms with Crippen LogP contribution in [0.5, 0.6) is 0 Å². The first-order valence-corrected chi connectivity index (χ1v) is 8.74. The van der Waals surface area contributed by atoms with Crippen LogP contribution < -0.4 is 16.4 Å². The Bertz CT molecular complexity index is 576. The lowest BCUT2D eigenvalue weighted by Crippen LogP contribution is -2.42. The summed E-state index contributed by atoms with van der Waals surface area (Å²) in [5.41, 5.74) is 9.99. The van der Waals surface area contributed by atoms with Gasteiger partial charge in [0.15, 0.2) is 0 Å². The third-order valence-electron chi connectivity index (χ3n) is 5.25. The van der Waals surface area contributed by atoms with Gasteiger partial charge in [-0.1, -0.05) is 12.2 Å². The summed E-state index contributed by atoms with van der Waals surface area (Å²) < 4.78 is 0. The normalized spacial score (nSPS) is 26.5. The molecule has 1 amide bonds. The summed E-state index contributed by atoms with van der Waals surface area (Å²) in [5.74, 6) is -0.0893. The van der Waals surface area contributed by atoms with E-state index in [1.165, 1.54) is 17.3 Å². The van der Waals surface area contributed by atoms with Gasteiger partial charge in [0.25, 0.3) is 0 Å². The predicted molar refractivity (Wildman–Crippen MR) is 99.9 cm³/mol. The minimum Gasteiger partial charge on any atom is -0.352 e. The third kappa shape index (κ3) is 4.02. The maximum atomic E-state index is 12.0. The molecule has 5 nitrogen and oxygen atoms in total. The highest BCUT2D eigenvalue weighted by atomic mass is 16.1. The van der Waals surface area contributed by atoms with Gasteiger partial charge in [0.05, 0.1) is 0 Å². The maximum Gasteiger partial charge on any atom is 0.248 e. The Morgan fingerprint density at radius 1 is 1.42 bits per heavy atom. The van der Waals surface area contributed by atoms with E-state index in [1.807, 2.05) is 7.05 Å². The molecule has 0 bridgehead atoms. The molecular weight excluding hydrogens is 300 g/mol. The van der Waals surface area contributed by atoms with Crippen molar-refractivity contribution in [1.29, 1.82) is 0 Å². The fraction of sp³-hybridized carbons (Fsp3) is 0.579. The van der Waals surface area contributed by atoms with E-state index in [0.717, 1.165) is 38.6 Å².